The molecule has 1 saturated heterocycles. The van der Waals surface area contributed by atoms with E-state index in [0.29, 0.717) is 31.7 Å². The van der Waals surface area contributed by atoms with E-state index in [1.807, 2.05) is 36.1 Å². The van der Waals surface area contributed by atoms with Crippen LogP contribution < -0.4 is 0 Å². The lowest BCUT2D eigenvalue weighted by atomic mass is 9.49. The monoisotopic (exact) mass is 469 g/mol. The highest BCUT2D eigenvalue weighted by Crippen LogP contribution is 2.62. The van der Waals surface area contributed by atoms with E-state index in [1.54, 1.807) is 0 Å². The summed E-state index contributed by atoms with van der Waals surface area (Å²) >= 11 is 3.47. The molecule has 30 heavy (non-hydrogen) atoms. The summed E-state index contributed by atoms with van der Waals surface area (Å²) in [5, 5.41) is 0. The molecule has 1 aliphatic heterocycles. The number of amides is 1. The first-order chi connectivity index (χ1) is 14.2. The third kappa shape index (κ3) is 2.80. The third-order valence-corrected chi connectivity index (χ3v) is 9.06. The summed E-state index contributed by atoms with van der Waals surface area (Å²) in [6, 6.07) is 8.07. The van der Waals surface area contributed by atoms with E-state index in [1.165, 1.54) is 0 Å². The van der Waals surface area contributed by atoms with E-state index in [9.17, 15) is 14.4 Å². The van der Waals surface area contributed by atoms with Gasteiger partial charge in [0.05, 0.1) is 6.54 Å². The number of carbonyl (C=O) groups is 3. The predicted octanol–water partition coefficient (Wildman–Crippen LogP) is 5.06. The molecule has 3 fully saturated rings. The Morgan fingerprint density at radius 2 is 1.80 bits per heavy atom. The topological polar surface area (TPSA) is 54.5 Å². The first-order valence-electron chi connectivity index (χ1n) is 11.1. The second-order valence-electron chi connectivity index (χ2n) is 10.1. The van der Waals surface area contributed by atoms with Crippen molar-refractivity contribution in [2.24, 2.45) is 28.6 Å². The smallest absolute Gasteiger partial charge is 0.227 e. The van der Waals surface area contributed by atoms with Crippen molar-refractivity contribution in [2.45, 2.75) is 58.9 Å². The molecule has 4 aliphatic rings. The molecule has 5 heteroatoms. The lowest BCUT2D eigenvalue weighted by Crippen LogP contribution is -2.57. The Hall–Kier alpha value is -1.75. The fraction of sp³-hybridized carbons (Fsp3) is 0.560. The molecule has 5 atom stereocenters. The molecule has 0 spiro atoms. The van der Waals surface area contributed by atoms with Gasteiger partial charge >= 0.3 is 0 Å². The van der Waals surface area contributed by atoms with Crippen molar-refractivity contribution < 1.29 is 14.4 Å². The summed E-state index contributed by atoms with van der Waals surface area (Å²) in [6.07, 6.45) is 6.10. The Balaban J connectivity index is 1.52. The minimum Gasteiger partial charge on any atom is -0.312 e. The first-order valence-corrected chi connectivity index (χ1v) is 11.8. The van der Waals surface area contributed by atoms with E-state index in [4.69, 9.17) is 0 Å². The summed E-state index contributed by atoms with van der Waals surface area (Å²) in [4.78, 5) is 40.9. The highest BCUT2D eigenvalue weighted by atomic mass is 79.9. The van der Waals surface area contributed by atoms with Crippen LogP contribution >= 0.6 is 15.9 Å². The van der Waals surface area contributed by atoms with Crippen LogP contribution in [-0.2, 0) is 20.9 Å². The lowest BCUT2D eigenvalue weighted by molar-refractivity contribution is -0.152. The Labute approximate surface area is 186 Å². The Bertz CT molecular complexity index is 967. The van der Waals surface area contributed by atoms with Gasteiger partial charge in [-0.1, -0.05) is 48.0 Å². The highest BCUT2D eigenvalue weighted by molar-refractivity contribution is 9.10. The van der Waals surface area contributed by atoms with E-state index in [0.717, 1.165) is 35.0 Å². The highest BCUT2D eigenvalue weighted by Gasteiger charge is 2.62. The molecule has 0 radical (unpaired) electrons. The van der Waals surface area contributed by atoms with Crippen molar-refractivity contribution in [2.75, 3.05) is 0 Å². The van der Waals surface area contributed by atoms with Gasteiger partial charge in [-0.05, 0) is 48.8 Å². The van der Waals surface area contributed by atoms with Crippen LogP contribution in [0, 0.1) is 28.6 Å². The molecule has 4 nitrogen and oxygen atoms in total. The maximum absolute atomic E-state index is 13.5. The van der Waals surface area contributed by atoms with Crippen LogP contribution in [-0.4, -0.2) is 22.4 Å². The van der Waals surface area contributed by atoms with Crippen LogP contribution in [0.25, 0.3) is 0 Å². The zero-order valence-corrected chi connectivity index (χ0v) is 19.2. The predicted molar refractivity (Wildman–Crippen MR) is 117 cm³/mol. The number of hydrogen-bond donors (Lipinski definition) is 0. The molecule has 1 heterocycles. The molecule has 1 aromatic rings. The van der Waals surface area contributed by atoms with Gasteiger partial charge < -0.3 is 4.90 Å². The van der Waals surface area contributed by atoms with Crippen molar-refractivity contribution in [3.05, 3.63) is 46.1 Å². The standard InChI is InChI=1S/C25H28BrNO3/c1-24-12-11-22(30)27(14-15-3-5-16(26)6-4-15)20(24)9-7-17-18-8-10-21(29)25(18,2)13-19(28)23(17)24/h3-6,9,17-18,23H,7-8,10-14H2,1-2H3/t17?,18-,23+,24?,25?/m0/s1. The van der Waals surface area contributed by atoms with Crippen molar-refractivity contribution in [3.63, 3.8) is 0 Å². The molecule has 0 N–H and O–H groups in total. The molecule has 1 amide bonds. The number of nitrogens with zero attached hydrogens (tertiary/aromatic N) is 1. The third-order valence-electron chi connectivity index (χ3n) is 8.53. The number of rotatable bonds is 2. The van der Waals surface area contributed by atoms with Gasteiger partial charge in [-0.15, -0.1) is 0 Å². The Morgan fingerprint density at radius 1 is 1.07 bits per heavy atom. The van der Waals surface area contributed by atoms with Crippen LogP contribution in [0.15, 0.2) is 40.5 Å². The van der Waals surface area contributed by atoms with Crippen molar-refractivity contribution in [3.8, 4) is 0 Å². The minimum absolute atomic E-state index is 0.0815. The van der Waals surface area contributed by atoms with Gasteiger partial charge in [0, 0.05) is 46.2 Å². The zero-order chi connectivity index (χ0) is 21.3. The summed E-state index contributed by atoms with van der Waals surface area (Å²) in [5.41, 5.74) is 1.32. The number of benzene rings is 1. The number of piperidine rings is 1. The van der Waals surface area contributed by atoms with Crippen molar-refractivity contribution in [1.82, 2.24) is 4.90 Å². The van der Waals surface area contributed by atoms with Gasteiger partial charge in [-0.25, -0.2) is 0 Å². The molecular formula is C25H28BrNO3. The number of hydrogen-bond acceptors (Lipinski definition) is 3. The SMILES string of the molecule is CC12CC(=O)[C@H]3C(CC=C4N(Cc5ccc(Br)cc5)C(=O)CCC43C)[C@@H]1CCC2=O. The van der Waals surface area contributed by atoms with Crippen LogP contribution in [0.1, 0.15) is 57.9 Å². The lowest BCUT2D eigenvalue weighted by Gasteiger charge is -2.56. The Morgan fingerprint density at radius 3 is 2.53 bits per heavy atom. The molecular weight excluding hydrogens is 442 g/mol. The van der Waals surface area contributed by atoms with Crippen LogP contribution in [0.2, 0.25) is 0 Å². The molecule has 2 saturated carbocycles. The molecule has 158 valence electrons. The van der Waals surface area contributed by atoms with E-state index >= 15 is 0 Å². The maximum atomic E-state index is 13.5. The van der Waals surface area contributed by atoms with E-state index in [-0.39, 0.29) is 34.7 Å². The summed E-state index contributed by atoms with van der Waals surface area (Å²) < 4.78 is 1.02. The van der Waals surface area contributed by atoms with Gasteiger partial charge in [0.1, 0.15) is 11.6 Å². The number of Topliss-reactive ketones (excluding diaryl/α,β-unsaturated/α-hetero) is 2. The van der Waals surface area contributed by atoms with Gasteiger partial charge in [0.25, 0.3) is 0 Å². The largest absolute Gasteiger partial charge is 0.312 e. The first kappa shape index (κ1) is 20.2. The molecule has 1 aromatic carbocycles. The number of carbonyl (C=O) groups excluding carboxylic acids is 3. The second-order valence-corrected chi connectivity index (χ2v) is 11.0. The number of allylic oxidation sites excluding steroid dienone is 2. The average molecular weight is 470 g/mol. The second kappa shape index (κ2) is 6.88. The van der Waals surface area contributed by atoms with E-state index in [2.05, 4.69) is 28.9 Å². The molecule has 3 aliphatic carbocycles. The molecule has 3 unspecified atom stereocenters. The normalized spacial score (nSPS) is 38.1. The van der Waals surface area contributed by atoms with Gasteiger partial charge in [-0.3, -0.25) is 14.4 Å². The quantitative estimate of drug-likeness (QED) is 0.608. The fourth-order valence-electron chi connectivity index (χ4n) is 7.01. The van der Waals surface area contributed by atoms with Crippen molar-refractivity contribution >= 4 is 33.4 Å². The van der Waals surface area contributed by atoms with Crippen LogP contribution in [0.5, 0.6) is 0 Å². The molecule has 5 rings (SSSR count). The van der Waals surface area contributed by atoms with Gasteiger partial charge in [0.15, 0.2) is 0 Å². The summed E-state index contributed by atoms with van der Waals surface area (Å²) in [7, 11) is 0. The Kier molecular flexibility index (Phi) is 4.62. The zero-order valence-electron chi connectivity index (χ0n) is 17.6. The molecule has 0 bridgehead atoms. The minimum atomic E-state index is -0.471. The summed E-state index contributed by atoms with van der Waals surface area (Å²) in [6.45, 7) is 4.75. The fourth-order valence-corrected chi connectivity index (χ4v) is 7.27. The van der Waals surface area contributed by atoms with Gasteiger partial charge in [-0.2, -0.15) is 0 Å². The van der Waals surface area contributed by atoms with Crippen LogP contribution in [0.3, 0.4) is 0 Å². The van der Waals surface area contributed by atoms with Crippen LogP contribution in [0.4, 0.5) is 0 Å². The average Bonchev–Trinajstić information content (AvgIpc) is 3.00. The van der Waals surface area contributed by atoms with E-state index < -0.39 is 5.41 Å². The summed E-state index contributed by atoms with van der Waals surface area (Å²) in [5.74, 6) is 1.08. The number of likely N-dealkylation sites (tertiary alicyclic amines) is 1. The van der Waals surface area contributed by atoms with Gasteiger partial charge in [0.2, 0.25) is 5.91 Å². The number of halogens is 1. The number of fused-ring (bicyclic) bond motifs is 5. The number of ketones is 2. The van der Waals surface area contributed by atoms with Crippen molar-refractivity contribution in [1.29, 1.82) is 0 Å². The molecule has 0 aromatic heterocycles. The maximum Gasteiger partial charge on any atom is 0.227 e.